The molecule has 6 heterocycles. The molecule has 2 aliphatic rings. The molecule has 0 saturated heterocycles. The van der Waals surface area contributed by atoms with Gasteiger partial charge < -0.3 is 24.2 Å². The molecule has 16 heteroatoms. The third-order valence-electron chi connectivity index (χ3n) is 9.88. The second-order valence-corrected chi connectivity index (χ2v) is 13.3. The van der Waals surface area contributed by atoms with E-state index in [4.69, 9.17) is 9.84 Å². The zero-order chi connectivity index (χ0) is 38.4. The smallest absolute Gasteiger partial charge is 0.275 e. The number of imidazole rings is 1. The van der Waals surface area contributed by atoms with E-state index in [0.717, 1.165) is 18.0 Å². The molecule has 4 aromatic heterocycles. The van der Waals surface area contributed by atoms with Crippen molar-refractivity contribution in [1.82, 2.24) is 48.7 Å². The first kappa shape index (κ1) is 34.8. The molecule has 4 atom stereocenters. The van der Waals surface area contributed by atoms with Crippen molar-refractivity contribution in [3.8, 4) is 29.1 Å². The molecule has 0 spiro atoms. The van der Waals surface area contributed by atoms with Crippen molar-refractivity contribution in [2.75, 3.05) is 27.2 Å². The highest BCUT2D eigenvalue weighted by Gasteiger charge is 2.41. The molecule has 2 amide bonds. The first-order valence-corrected chi connectivity index (χ1v) is 17.4. The van der Waals surface area contributed by atoms with Crippen LogP contribution < -0.4 is 15.6 Å². The summed E-state index contributed by atoms with van der Waals surface area (Å²) in [5, 5.41) is 24.2. The zero-order valence-electron chi connectivity index (χ0n) is 29.9. The van der Waals surface area contributed by atoms with Crippen LogP contribution in [-0.2, 0) is 0 Å². The number of carbonyl (C=O) groups excluding carboxylic acids is 2. The Balaban J connectivity index is 1.22. The van der Waals surface area contributed by atoms with Crippen molar-refractivity contribution in [2.24, 2.45) is 0 Å². The second-order valence-electron chi connectivity index (χ2n) is 13.3. The van der Waals surface area contributed by atoms with Gasteiger partial charge in [0, 0.05) is 45.8 Å². The lowest BCUT2D eigenvalue weighted by molar-refractivity contribution is 0.0662. The van der Waals surface area contributed by atoms with Gasteiger partial charge in [-0.3, -0.25) is 23.9 Å². The lowest BCUT2D eigenvalue weighted by Gasteiger charge is -2.38. The van der Waals surface area contributed by atoms with Crippen LogP contribution >= 0.6 is 0 Å². The fraction of sp³-hybridized carbons (Fsp3) is 0.231. The number of fused-ring (bicyclic) bond motifs is 2. The molecule has 276 valence electrons. The molecular formula is C39H34N10O6. The van der Waals surface area contributed by atoms with Gasteiger partial charge in [0.05, 0.1) is 36.8 Å². The van der Waals surface area contributed by atoms with E-state index in [1.165, 1.54) is 14.5 Å². The lowest BCUT2D eigenvalue weighted by Crippen LogP contribution is -2.46. The fourth-order valence-electron chi connectivity index (χ4n) is 7.41. The van der Waals surface area contributed by atoms with Crippen LogP contribution in [0.25, 0.3) is 0 Å². The summed E-state index contributed by atoms with van der Waals surface area (Å²) in [6.07, 6.45) is 8.92. The van der Waals surface area contributed by atoms with E-state index < -0.39 is 52.6 Å². The van der Waals surface area contributed by atoms with E-state index in [1.54, 1.807) is 67.3 Å². The topological polar surface area (TPSA) is 176 Å². The first-order chi connectivity index (χ1) is 26.6. The van der Waals surface area contributed by atoms with Gasteiger partial charge in [-0.1, -0.05) is 48.4 Å². The molecule has 6 aromatic rings. The normalized spacial score (nSPS) is 17.5. The summed E-state index contributed by atoms with van der Waals surface area (Å²) < 4.78 is 12.9. The molecular weight excluding hydrogens is 704 g/mol. The van der Waals surface area contributed by atoms with Gasteiger partial charge in [0.25, 0.3) is 11.8 Å². The number of nitrogens with zero attached hydrogens (tertiary/aromatic N) is 10. The maximum Gasteiger partial charge on any atom is 0.275 e. The fourth-order valence-corrected chi connectivity index (χ4v) is 7.41. The summed E-state index contributed by atoms with van der Waals surface area (Å²) in [7, 11) is 3.24. The molecule has 1 N–H and O–H groups in total. The number of hydrogen-bond acceptors (Lipinski definition) is 10. The van der Waals surface area contributed by atoms with Crippen molar-refractivity contribution in [3.63, 3.8) is 0 Å². The number of aromatic nitrogens is 8. The van der Waals surface area contributed by atoms with Crippen LogP contribution in [0.5, 0.6) is 17.2 Å². The number of ether oxygens (including phenoxy) is 1. The SMILES string of the molecule is CC#Cc1ccn(C(c2ccccc2)C2CN(C)C(=O)c3c(Oc4cccc(C(C5CN(C)C(=O)c6c(O)c(=O)cnn65)n5ccnc5)c4)c(=O)cnn32)n1. The van der Waals surface area contributed by atoms with Crippen molar-refractivity contribution in [3.05, 3.63) is 147 Å². The van der Waals surface area contributed by atoms with Crippen LogP contribution in [0.4, 0.5) is 0 Å². The summed E-state index contributed by atoms with van der Waals surface area (Å²) in [5.41, 5.74) is 0.549. The minimum absolute atomic E-state index is 0.0190. The average Bonchev–Trinajstić information content (AvgIpc) is 3.89. The zero-order valence-corrected chi connectivity index (χ0v) is 29.9. The molecule has 0 saturated carbocycles. The van der Waals surface area contributed by atoms with Gasteiger partial charge in [-0.15, -0.1) is 0 Å². The average molecular weight is 739 g/mol. The summed E-state index contributed by atoms with van der Waals surface area (Å²) >= 11 is 0. The van der Waals surface area contributed by atoms with Crippen LogP contribution in [-0.4, -0.2) is 92.8 Å². The van der Waals surface area contributed by atoms with Crippen LogP contribution in [0.15, 0.2) is 108 Å². The number of aromatic hydroxyl groups is 1. The van der Waals surface area contributed by atoms with Gasteiger partial charge in [-0.25, -0.2) is 14.3 Å². The standard InChI is InChI=1S/C39H34N10O6/c1-4-9-26-14-16-47(43-26)33(24-10-6-5-7-11-24)29-22-45(3)39(54)35-37(31(51)20-42-49(29)35)55-27-13-8-12-25(18-27)32(46-17-15-40-23-46)28-21-44(2)38(53)34-36(52)30(50)19-41-48(28)34/h5-8,10-20,23,28-29,32-33,52H,21-22H2,1-3H3. The maximum absolute atomic E-state index is 14.0. The van der Waals surface area contributed by atoms with Gasteiger partial charge in [-0.05, 0) is 42.2 Å². The Morgan fingerprint density at radius 1 is 0.800 bits per heavy atom. The van der Waals surface area contributed by atoms with E-state index in [1.807, 2.05) is 53.2 Å². The highest BCUT2D eigenvalue weighted by molar-refractivity contribution is 5.96. The minimum atomic E-state index is -0.770. The van der Waals surface area contributed by atoms with E-state index >= 15 is 0 Å². The Bertz CT molecular complexity index is 2620. The highest BCUT2D eigenvalue weighted by atomic mass is 16.5. The van der Waals surface area contributed by atoms with E-state index in [0.29, 0.717) is 11.3 Å². The van der Waals surface area contributed by atoms with Crippen LogP contribution in [0.2, 0.25) is 0 Å². The third kappa shape index (κ3) is 6.10. The molecule has 4 unspecified atom stereocenters. The Hall–Kier alpha value is -7.28. The lowest BCUT2D eigenvalue weighted by atomic mass is 9.96. The van der Waals surface area contributed by atoms with E-state index in [-0.39, 0.29) is 36.0 Å². The Morgan fingerprint density at radius 2 is 1.47 bits per heavy atom. The van der Waals surface area contributed by atoms with Crippen LogP contribution in [0.1, 0.15) is 68.9 Å². The maximum atomic E-state index is 14.0. The number of rotatable bonds is 8. The van der Waals surface area contributed by atoms with E-state index in [9.17, 15) is 24.3 Å². The number of likely N-dealkylation sites (N-methyl/N-ethyl adjacent to an activating group) is 2. The predicted octanol–water partition coefficient (Wildman–Crippen LogP) is 2.89. The van der Waals surface area contributed by atoms with Crippen molar-refractivity contribution in [1.29, 1.82) is 0 Å². The predicted molar refractivity (Wildman–Crippen MR) is 197 cm³/mol. The number of hydrogen-bond donors (Lipinski definition) is 1. The summed E-state index contributed by atoms with van der Waals surface area (Å²) in [6.45, 7) is 2.16. The van der Waals surface area contributed by atoms with Gasteiger partial charge in [0.2, 0.25) is 16.6 Å². The van der Waals surface area contributed by atoms with E-state index in [2.05, 4.69) is 27.0 Å². The quantitative estimate of drug-likeness (QED) is 0.229. The second kappa shape index (κ2) is 13.9. The number of amides is 2. The summed E-state index contributed by atoms with van der Waals surface area (Å²) in [5.74, 6) is 4.24. The highest BCUT2D eigenvalue weighted by Crippen LogP contribution is 2.39. The molecule has 0 fully saturated rings. The van der Waals surface area contributed by atoms with Crippen LogP contribution in [0.3, 0.4) is 0 Å². The largest absolute Gasteiger partial charge is 0.502 e. The molecule has 0 aliphatic carbocycles. The van der Waals surface area contributed by atoms with Gasteiger partial charge >= 0.3 is 0 Å². The Morgan fingerprint density at radius 3 is 2.18 bits per heavy atom. The third-order valence-corrected chi connectivity index (χ3v) is 9.88. The minimum Gasteiger partial charge on any atom is -0.502 e. The molecule has 2 aromatic carbocycles. The molecule has 55 heavy (non-hydrogen) atoms. The summed E-state index contributed by atoms with van der Waals surface area (Å²) in [4.78, 5) is 60.3. The van der Waals surface area contributed by atoms with Gasteiger partial charge in [0.15, 0.2) is 17.1 Å². The molecule has 8 rings (SSSR count). The van der Waals surface area contributed by atoms with Gasteiger partial charge in [-0.2, -0.15) is 15.3 Å². The number of carbonyl (C=O) groups is 2. The molecule has 0 bridgehead atoms. The molecule has 0 radical (unpaired) electrons. The first-order valence-electron chi connectivity index (χ1n) is 17.4. The van der Waals surface area contributed by atoms with Crippen molar-refractivity contribution in [2.45, 2.75) is 31.1 Å². The van der Waals surface area contributed by atoms with Gasteiger partial charge in [0.1, 0.15) is 17.5 Å². The number of benzene rings is 2. The molecule has 2 aliphatic heterocycles. The van der Waals surface area contributed by atoms with Crippen molar-refractivity contribution >= 4 is 11.8 Å². The molecule has 16 nitrogen and oxygen atoms in total. The Kier molecular flexibility index (Phi) is 8.81. The van der Waals surface area contributed by atoms with Crippen molar-refractivity contribution < 1.29 is 19.4 Å². The monoisotopic (exact) mass is 738 g/mol. The Labute approximate surface area is 313 Å². The summed E-state index contributed by atoms with van der Waals surface area (Å²) in [6, 6.07) is 16.3. The van der Waals surface area contributed by atoms with Crippen LogP contribution in [0, 0.1) is 11.8 Å².